The van der Waals surface area contributed by atoms with Gasteiger partial charge in [-0.1, -0.05) is 6.92 Å². The average molecular weight is 290 g/mol. The Labute approximate surface area is 127 Å². The molecule has 1 unspecified atom stereocenters. The van der Waals surface area contributed by atoms with Gasteiger partial charge in [0, 0.05) is 38.6 Å². The molecule has 1 N–H and O–H groups in total. The van der Waals surface area contributed by atoms with E-state index in [0.717, 1.165) is 44.6 Å². The van der Waals surface area contributed by atoms with Gasteiger partial charge in [0.15, 0.2) is 0 Å². The molecule has 2 heterocycles. The Hall–Kier alpha value is -1.62. The zero-order valence-corrected chi connectivity index (χ0v) is 13.3. The number of likely N-dealkylation sites (tertiary alicyclic amines) is 1. The second-order valence-electron chi connectivity index (χ2n) is 5.82. The van der Waals surface area contributed by atoms with Gasteiger partial charge in [-0.25, -0.2) is 0 Å². The molecule has 1 aliphatic heterocycles. The molecule has 0 saturated carbocycles. The lowest BCUT2D eigenvalue weighted by Gasteiger charge is -2.36. The second-order valence-corrected chi connectivity index (χ2v) is 5.82. The lowest BCUT2D eigenvalue weighted by molar-refractivity contribution is 0.0644. The SMILES string of the molecule is CCCNc1ccncc1C(=O)N(C)C1CCCN(C)C1. The first kappa shape index (κ1) is 15.8. The summed E-state index contributed by atoms with van der Waals surface area (Å²) < 4.78 is 0. The Bertz CT molecular complexity index is 477. The fourth-order valence-electron chi connectivity index (χ4n) is 2.79. The summed E-state index contributed by atoms with van der Waals surface area (Å²) in [5.74, 6) is 0.0574. The van der Waals surface area contributed by atoms with E-state index in [2.05, 4.69) is 29.2 Å². The third kappa shape index (κ3) is 3.94. The number of piperidine rings is 1. The molecule has 1 atom stereocenters. The number of nitrogens with one attached hydrogen (secondary N) is 1. The highest BCUT2D eigenvalue weighted by Gasteiger charge is 2.26. The minimum Gasteiger partial charge on any atom is -0.384 e. The van der Waals surface area contributed by atoms with Crippen molar-refractivity contribution >= 4 is 11.6 Å². The first-order valence-electron chi connectivity index (χ1n) is 7.77. The molecule has 1 aromatic heterocycles. The highest BCUT2D eigenvalue weighted by atomic mass is 16.2. The van der Waals surface area contributed by atoms with E-state index in [-0.39, 0.29) is 11.9 Å². The number of hydrogen-bond acceptors (Lipinski definition) is 4. The molecule has 1 aliphatic rings. The molecule has 0 aliphatic carbocycles. The number of carbonyl (C=O) groups is 1. The highest BCUT2D eigenvalue weighted by molar-refractivity contribution is 5.99. The van der Waals surface area contributed by atoms with Gasteiger partial charge in [0.05, 0.1) is 11.3 Å². The van der Waals surface area contributed by atoms with E-state index in [0.29, 0.717) is 5.56 Å². The van der Waals surface area contributed by atoms with Crippen LogP contribution in [0.2, 0.25) is 0 Å². The zero-order chi connectivity index (χ0) is 15.2. The Morgan fingerprint density at radius 1 is 1.57 bits per heavy atom. The molecule has 0 aromatic carbocycles. The van der Waals surface area contributed by atoms with Crippen molar-refractivity contribution in [2.75, 3.05) is 39.0 Å². The quantitative estimate of drug-likeness (QED) is 0.902. The average Bonchev–Trinajstić information content (AvgIpc) is 2.51. The van der Waals surface area contributed by atoms with Crippen molar-refractivity contribution in [1.29, 1.82) is 0 Å². The molecule has 1 aromatic rings. The number of amides is 1. The minimum atomic E-state index is 0.0574. The fourth-order valence-corrected chi connectivity index (χ4v) is 2.79. The van der Waals surface area contributed by atoms with Gasteiger partial charge in [-0.15, -0.1) is 0 Å². The van der Waals surface area contributed by atoms with Crippen molar-refractivity contribution in [2.45, 2.75) is 32.2 Å². The lowest BCUT2D eigenvalue weighted by atomic mass is 10.0. The van der Waals surface area contributed by atoms with Crippen LogP contribution in [0.4, 0.5) is 5.69 Å². The van der Waals surface area contributed by atoms with Crippen LogP contribution in [0.15, 0.2) is 18.5 Å². The maximum atomic E-state index is 12.8. The zero-order valence-electron chi connectivity index (χ0n) is 13.3. The first-order chi connectivity index (χ1) is 10.1. The molecule has 116 valence electrons. The molecule has 0 spiro atoms. The highest BCUT2D eigenvalue weighted by Crippen LogP contribution is 2.20. The molecule has 21 heavy (non-hydrogen) atoms. The van der Waals surface area contributed by atoms with Crippen molar-refractivity contribution in [3.05, 3.63) is 24.0 Å². The molecule has 2 rings (SSSR count). The summed E-state index contributed by atoms with van der Waals surface area (Å²) in [6.45, 7) is 5.04. The standard InChI is InChI=1S/C16H26N4O/c1-4-8-18-15-7-9-17-11-14(15)16(21)20(3)13-6-5-10-19(2)12-13/h7,9,11,13H,4-6,8,10,12H2,1-3H3,(H,17,18). The van der Waals surface area contributed by atoms with Gasteiger partial charge in [0.2, 0.25) is 0 Å². The number of aromatic nitrogens is 1. The normalized spacial score (nSPS) is 19.3. The topological polar surface area (TPSA) is 48.5 Å². The third-order valence-corrected chi connectivity index (χ3v) is 4.08. The smallest absolute Gasteiger partial charge is 0.257 e. The van der Waals surface area contributed by atoms with E-state index in [4.69, 9.17) is 0 Å². The van der Waals surface area contributed by atoms with Crippen LogP contribution >= 0.6 is 0 Å². The number of carbonyl (C=O) groups excluding carboxylic acids is 1. The summed E-state index contributed by atoms with van der Waals surface area (Å²) in [5, 5.41) is 3.31. The van der Waals surface area contributed by atoms with Crippen LogP contribution in [0.25, 0.3) is 0 Å². The van der Waals surface area contributed by atoms with Crippen LogP contribution in [-0.4, -0.2) is 60.5 Å². The van der Waals surface area contributed by atoms with Gasteiger partial charge in [0.25, 0.3) is 5.91 Å². The Morgan fingerprint density at radius 2 is 2.38 bits per heavy atom. The predicted molar refractivity (Wildman–Crippen MR) is 85.6 cm³/mol. The molecule has 1 fully saturated rings. The van der Waals surface area contributed by atoms with Crippen LogP contribution in [0.1, 0.15) is 36.5 Å². The first-order valence-corrected chi connectivity index (χ1v) is 7.77. The van der Waals surface area contributed by atoms with Gasteiger partial charge in [-0.05, 0) is 38.9 Å². The molecule has 0 bridgehead atoms. The van der Waals surface area contributed by atoms with Gasteiger partial charge >= 0.3 is 0 Å². The second kappa shape index (κ2) is 7.41. The predicted octanol–water partition coefficient (Wildman–Crippen LogP) is 2.07. The van der Waals surface area contributed by atoms with Gasteiger partial charge in [-0.2, -0.15) is 0 Å². The van der Waals surface area contributed by atoms with Crippen molar-refractivity contribution in [2.24, 2.45) is 0 Å². The molecular weight excluding hydrogens is 264 g/mol. The van der Waals surface area contributed by atoms with E-state index in [1.165, 1.54) is 0 Å². The van der Waals surface area contributed by atoms with E-state index >= 15 is 0 Å². The molecule has 5 nitrogen and oxygen atoms in total. The van der Waals surface area contributed by atoms with Crippen molar-refractivity contribution in [1.82, 2.24) is 14.8 Å². The van der Waals surface area contributed by atoms with Crippen LogP contribution in [0.5, 0.6) is 0 Å². The van der Waals surface area contributed by atoms with E-state index in [9.17, 15) is 4.79 Å². The Balaban J connectivity index is 2.11. The summed E-state index contributed by atoms with van der Waals surface area (Å²) in [6, 6.07) is 2.17. The number of nitrogens with zero attached hydrogens (tertiary/aromatic N) is 3. The summed E-state index contributed by atoms with van der Waals surface area (Å²) >= 11 is 0. The number of likely N-dealkylation sites (N-methyl/N-ethyl adjacent to an activating group) is 2. The monoisotopic (exact) mass is 290 g/mol. The number of anilines is 1. The summed E-state index contributed by atoms with van der Waals surface area (Å²) in [7, 11) is 4.02. The van der Waals surface area contributed by atoms with Crippen LogP contribution in [0, 0.1) is 0 Å². The summed E-state index contributed by atoms with van der Waals surface area (Å²) in [6.07, 6.45) is 6.64. The van der Waals surface area contributed by atoms with Crippen molar-refractivity contribution in [3.63, 3.8) is 0 Å². The number of hydrogen-bond donors (Lipinski definition) is 1. The number of pyridine rings is 1. The van der Waals surface area contributed by atoms with Crippen LogP contribution < -0.4 is 5.32 Å². The maximum Gasteiger partial charge on any atom is 0.257 e. The largest absolute Gasteiger partial charge is 0.384 e. The molecule has 1 saturated heterocycles. The summed E-state index contributed by atoms with van der Waals surface area (Å²) in [5.41, 5.74) is 1.55. The van der Waals surface area contributed by atoms with Crippen LogP contribution in [-0.2, 0) is 0 Å². The van der Waals surface area contributed by atoms with E-state index in [1.54, 1.807) is 12.4 Å². The fraction of sp³-hybridized carbons (Fsp3) is 0.625. The van der Waals surface area contributed by atoms with Crippen molar-refractivity contribution in [3.8, 4) is 0 Å². The lowest BCUT2D eigenvalue weighted by Crippen LogP contribution is -2.47. The van der Waals surface area contributed by atoms with Crippen molar-refractivity contribution < 1.29 is 4.79 Å². The van der Waals surface area contributed by atoms with E-state index < -0.39 is 0 Å². The summed E-state index contributed by atoms with van der Waals surface area (Å²) in [4.78, 5) is 21.0. The molecule has 0 radical (unpaired) electrons. The number of rotatable bonds is 5. The third-order valence-electron chi connectivity index (χ3n) is 4.08. The minimum absolute atomic E-state index is 0.0574. The van der Waals surface area contributed by atoms with Gasteiger partial charge in [-0.3, -0.25) is 9.78 Å². The maximum absolute atomic E-state index is 12.8. The molecule has 5 heteroatoms. The van der Waals surface area contributed by atoms with Gasteiger partial charge < -0.3 is 15.1 Å². The Morgan fingerprint density at radius 3 is 3.10 bits per heavy atom. The van der Waals surface area contributed by atoms with E-state index in [1.807, 2.05) is 18.0 Å². The van der Waals surface area contributed by atoms with Crippen LogP contribution in [0.3, 0.4) is 0 Å². The van der Waals surface area contributed by atoms with Gasteiger partial charge in [0.1, 0.15) is 0 Å². The molecular formula is C16H26N4O. The Kier molecular flexibility index (Phi) is 5.56. The molecule has 1 amide bonds.